The lowest BCUT2D eigenvalue weighted by atomic mass is 10.0. The maximum atomic E-state index is 10.6. The first-order chi connectivity index (χ1) is 18.1. The van der Waals surface area contributed by atoms with E-state index in [1.165, 1.54) is 96.3 Å². The summed E-state index contributed by atoms with van der Waals surface area (Å²) in [5.41, 5.74) is 0. The largest absolute Gasteiger partial charge is 0.492 e. The van der Waals surface area contributed by atoms with Gasteiger partial charge in [0.05, 0.1) is 6.61 Å². The van der Waals surface area contributed by atoms with Gasteiger partial charge in [-0.05, 0) is 37.1 Å². The van der Waals surface area contributed by atoms with E-state index in [2.05, 4.69) is 6.07 Å². The van der Waals surface area contributed by atoms with Crippen LogP contribution in [0.15, 0.2) is 29.2 Å². The highest BCUT2D eigenvalue weighted by Crippen LogP contribution is 2.30. The van der Waals surface area contributed by atoms with Gasteiger partial charge in [0.15, 0.2) is 0 Å². The first-order valence-corrected chi connectivity index (χ1v) is 15.9. The van der Waals surface area contributed by atoms with E-state index in [1.54, 1.807) is 11.8 Å². The third kappa shape index (κ3) is 22.0. The predicted molar refractivity (Wildman–Crippen MR) is 155 cm³/mol. The van der Waals surface area contributed by atoms with Gasteiger partial charge in [-0.15, -0.1) is 11.8 Å². The van der Waals surface area contributed by atoms with E-state index in [1.807, 2.05) is 18.2 Å². The van der Waals surface area contributed by atoms with E-state index in [0.29, 0.717) is 12.8 Å². The van der Waals surface area contributed by atoms with Crippen molar-refractivity contribution in [1.82, 2.24) is 0 Å². The molecule has 0 atom stereocenters. The number of unbranched alkanes of at least 4 members (excludes halogenated alkanes) is 17. The lowest BCUT2D eigenvalue weighted by Crippen LogP contribution is -1.99. The molecule has 212 valence electrons. The molecule has 2 N–H and O–H groups in total. The van der Waals surface area contributed by atoms with Crippen LogP contribution in [0.4, 0.5) is 0 Å². The molecule has 37 heavy (non-hydrogen) atoms. The number of thioether (sulfide) groups is 1. The van der Waals surface area contributed by atoms with Crippen LogP contribution in [0.2, 0.25) is 0 Å². The molecule has 6 heteroatoms. The summed E-state index contributed by atoms with van der Waals surface area (Å²) in [6.45, 7) is 0.749. The van der Waals surface area contributed by atoms with E-state index in [0.717, 1.165) is 42.3 Å². The lowest BCUT2D eigenvalue weighted by molar-refractivity contribution is -0.138. The van der Waals surface area contributed by atoms with Crippen molar-refractivity contribution < 1.29 is 24.5 Å². The maximum Gasteiger partial charge on any atom is 0.303 e. The molecular formula is C31H52O5S. The van der Waals surface area contributed by atoms with Gasteiger partial charge in [-0.2, -0.15) is 0 Å². The summed E-state index contributed by atoms with van der Waals surface area (Å²) in [6, 6.07) is 8.06. The maximum absolute atomic E-state index is 10.6. The molecule has 0 radical (unpaired) electrons. The predicted octanol–water partition coefficient (Wildman–Crippen LogP) is 9.52. The van der Waals surface area contributed by atoms with Crippen molar-refractivity contribution in [3.63, 3.8) is 0 Å². The Morgan fingerprint density at radius 2 is 0.973 bits per heavy atom. The molecule has 0 bridgehead atoms. The summed E-state index contributed by atoms with van der Waals surface area (Å²) >= 11 is 1.68. The second-order valence-electron chi connectivity index (χ2n) is 10.1. The fourth-order valence-corrected chi connectivity index (χ4v) is 5.44. The normalized spacial score (nSPS) is 11.0. The molecule has 0 saturated carbocycles. The number of carbonyl (C=O) groups is 2. The summed E-state index contributed by atoms with van der Waals surface area (Å²) in [4.78, 5) is 22.2. The molecule has 1 aromatic carbocycles. The summed E-state index contributed by atoms with van der Waals surface area (Å²) in [5.74, 6) is 0.323. The summed E-state index contributed by atoms with van der Waals surface area (Å²) in [5, 5.41) is 17.4. The fourth-order valence-electron chi connectivity index (χ4n) is 4.48. The highest BCUT2D eigenvalue weighted by Gasteiger charge is 2.05. The number of carboxylic acid groups (broad SMARTS) is 2. The van der Waals surface area contributed by atoms with Crippen molar-refractivity contribution >= 4 is 23.7 Å². The molecule has 0 amide bonds. The highest BCUT2D eigenvalue weighted by molar-refractivity contribution is 7.99. The fraction of sp³-hybridized carbons (Fsp3) is 0.742. The number of benzene rings is 1. The minimum absolute atomic E-state index is 0.220. The minimum Gasteiger partial charge on any atom is -0.492 e. The average Bonchev–Trinajstić information content (AvgIpc) is 2.88. The molecule has 0 aliphatic carbocycles. The number of para-hydroxylation sites is 1. The summed E-state index contributed by atoms with van der Waals surface area (Å²) in [7, 11) is 0. The Labute approximate surface area is 230 Å². The van der Waals surface area contributed by atoms with E-state index in [4.69, 9.17) is 14.9 Å². The van der Waals surface area contributed by atoms with Gasteiger partial charge in [-0.3, -0.25) is 9.59 Å². The van der Waals surface area contributed by atoms with Crippen LogP contribution in [0.1, 0.15) is 135 Å². The molecule has 0 fully saturated rings. The van der Waals surface area contributed by atoms with Gasteiger partial charge in [-0.25, -0.2) is 0 Å². The van der Waals surface area contributed by atoms with Crippen LogP contribution in [0.3, 0.4) is 0 Å². The first kappa shape index (κ1) is 33.3. The first-order valence-electron chi connectivity index (χ1n) is 14.9. The molecule has 0 aromatic heterocycles. The second-order valence-corrected chi connectivity index (χ2v) is 11.3. The van der Waals surface area contributed by atoms with Crippen molar-refractivity contribution in [2.24, 2.45) is 0 Å². The number of carboxylic acids is 2. The molecule has 5 nitrogen and oxygen atoms in total. The van der Waals surface area contributed by atoms with Crippen molar-refractivity contribution in [3.8, 4) is 5.75 Å². The van der Waals surface area contributed by atoms with Crippen molar-refractivity contribution in [3.05, 3.63) is 24.3 Å². The molecule has 0 heterocycles. The van der Waals surface area contributed by atoms with Gasteiger partial charge in [-0.1, -0.05) is 115 Å². The molecule has 0 saturated heterocycles. The topological polar surface area (TPSA) is 83.8 Å². The van der Waals surface area contributed by atoms with E-state index in [-0.39, 0.29) is 6.42 Å². The van der Waals surface area contributed by atoms with Crippen LogP contribution in [0.5, 0.6) is 5.75 Å². The third-order valence-electron chi connectivity index (χ3n) is 6.68. The minimum atomic E-state index is -0.733. The number of aliphatic carboxylic acids is 2. The van der Waals surface area contributed by atoms with Crippen LogP contribution < -0.4 is 4.74 Å². The Morgan fingerprint density at radius 1 is 0.568 bits per heavy atom. The number of rotatable bonds is 27. The Bertz CT molecular complexity index is 694. The van der Waals surface area contributed by atoms with Gasteiger partial charge >= 0.3 is 11.9 Å². The van der Waals surface area contributed by atoms with Gasteiger partial charge in [0.1, 0.15) is 5.75 Å². The smallest absolute Gasteiger partial charge is 0.303 e. The van der Waals surface area contributed by atoms with E-state index in [9.17, 15) is 9.59 Å². The van der Waals surface area contributed by atoms with Gasteiger partial charge in [0.25, 0.3) is 0 Å². The number of hydrogen-bond acceptors (Lipinski definition) is 4. The molecular weight excluding hydrogens is 484 g/mol. The van der Waals surface area contributed by atoms with Crippen molar-refractivity contribution in [1.29, 1.82) is 0 Å². The van der Waals surface area contributed by atoms with Gasteiger partial charge in [0, 0.05) is 17.7 Å². The Kier molecular flexibility index (Phi) is 22.2. The Morgan fingerprint density at radius 3 is 1.46 bits per heavy atom. The summed E-state index contributed by atoms with van der Waals surface area (Å²) < 4.78 is 6.00. The second kappa shape index (κ2) is 24.6. The number of ether oxygens (including phenoxy) is 1. The van der Waals surface area contributed by atoms with Crippen LogP contribution >= 0.6 is 11.8 Å². The SMILES string of the molecule is O=C(O)CCCCCCCCCCCCCCCCCCCCOc1ccccc1SCCCC(=O)O. The monoisotopic (exact) mass is 536 g/mol. The van der Waals surface area contributed by atoms with Gasteiger partial charge < -0.3 is 14.9 Å². The zero-order valence-corrected chi connectivity index (χ0v) is 23.9. The number of hydrogen-bond donors (Lipinski definition) is 2. The van der Waals surface area contributed by atoms with E-state index < -0.39 is 11.9 Å². The summed E-state index contributed by atoms with van der Waals surface area (Å²) in [6.07, 6.45) is 24.1. The standard InChI is InChI=1S/C31H52O5S/c32-30(33)24-17-15-13-11-9-7-5-3-1-2-4-6-8-10-12-14-16-20-26-36-28-22-18-19-23-29(28)37-27-21-25-31(34)35/h18-19,22-23H,1-17,20-21,24-27H2,(H,32,33)(H,34,35). The molecule has 0 aliphatic rings. The molecule has 1 rings (SSSR count). The Balaban J connectivity index is 1.83. The third-order valence-corrected chi connectivity index (χ3v) is 7.83. The van der Waals surface area contributed by atoms with E-state index >= 15 is 0 Å². The van der Waals surface area contributed by atoms with Crippen molar-refractivity contribution in [2.45, 2.75) is 140 Å². The quantitative estimate of drug-likeness (QED) is 0.0860. The Hall–Kier alpha value is -1.69. The van der Waals surface area contributed by atoms with Crippen LogP contribution in [-0.4, -0.2) is 34.5 Å². The van der Waals surface area contributed by atoms with Gasteiger partial charge in [0.2, 0.25) is 0 Å². The molecule has 0 spiro atoms. The average molecular weight is 537 g/mol. The van der Waals surface area contributed by atoms with Crippen LogP contribution in [0.25, 0.3) is 0 Å². The zero-order chi connectivity index (χ0) is 26.8. The zero-order valence-electron chi connectivity index (χ0n) is 23.1. The van der Waals surface area contributed by atoms with Crippen molar-refractivity contribution in [2.75, 3.05) is 12.4 Å². The highest BCUT2D eigenvalue weighted by atomic mass is 32.2. The molecule has 0 unspecified atom stereocenters. The van der Waals surface area contributed by atoms with Crippen LogP contribution in [-0.2, 0) is 9.59 Å². The van der Waals surface area contributed by atoms with Crippen LogP contribution in [0, 0.1) is 0 Å². The molecule has 1 aromatic rings. The molecule has 0 aliphatic heterocycles. The lowest BCUT2D eigenvalue weighted by Gasteiger charge is -2.11.